The maximum Gasteiger partial charge on any atom is 0.221 e. The zero-order valence-corrected chi connectivity index (χ0v) is 14.3. The van der Waals surface area contributed by atoms with E-state index in [1.807, 2.05) is 0 Å². The van der Waals surface area contributed by atoms with Gasteiger partial charge in [0.1, 0.15) is 0 Å². The number of carbonyl (C=O) groups excluding carboxylic acids is 1. The van der Waals surface area contributed by atoms with Gasteiger partial charge in [-0.3, -0.25) is 4.79 Å². The highest BCUT2D eigenvalue weighted by Gasteiger charge is 2.21. The summed E-state index contributed by atoms with van der Waals surface area (Å²) in [6.07, 6.45) is 4.17. The Hall–Kier alpha value is -1.76. The molecule has 0 aliphatic heterocycles. The number of amides is 1. The Morgan fingerprint density at radius 2 is 1.83 bits per heavy atom. The Morgan fingerprint density at radius 3 is 2.43 bits per heavy atom. The molecule has 0 spiro atoms. The number of benzene rings is 1. The van der Waals surface area contributed by atoms with Crippen molar-refractivity contribution in [2.75, 3.05) is 20.0 Å². The Balaban J connectivity index is 1.99. The summed E-state index contributed by atoms with van der Waals surface area (Å²) in [5.74, 6) is 0.386. The van der Waals surface area contributed by atoms with Crippen LogP contribution in [0.25, 0.3) is 0 Å². The molecule has 1 aromatic rings. The SMILES string of the molecule is COc1ccc(S(=O)(=O)CCC(=O)NC2CCCC2)cc1OC. The van der Waals surface area contributed by atoms with E-state index < -0.39 is 9.84 Å². The number of rotatable bonds is 7. The zero-order valence-electron chi connectivity index (χ0n) is 13.5. The van der Waals surface area contributed by atoms with Crippen LogP contribution in [0, 0.1) is 0 Å². The summed E-state index contributed by atoms with van der Waals surface area (Å²) in [7, 11) is -0.610. The largest absolute Gasteiger partial charge is 0.493 e. The third-order valence-corrected chi connectivity index (χ3v) is 5.75. The van der Waals surface area contributed by atoms with Gasteiger partial charge in [-0.1, -0.05) is 12.8 Å². The molecular formula is C16H23NO5S. The molecule has 1 amide bonds. The first-order valence-corrected chi connectivity index (χ1v) is 9.35. The summed E-state index contributed by atoms with van der Waals surface area (Å²) in [5, 5.41) is 2.90. The van der Waals surface area contributed by atoms with Crippen molar-refractivity contribution in [3.8, 4) is 11.5 Å². The molecule has 0 unspecified atom stereocenters. The van der Waals surface area contributed by atoms with Crippen LogP contribution in [0.5, 0.6) is 11.5 Å². The van der Waals surface area contributed by atoms with Crippen LogP contribution in [0.4, 0.5) is 0 Å². The Kier molecular flexibility index (Phi) is 5.87. The van der Waals surface area contributed by atoms with Gasteiger partial charge < -0.3 is 14.8 Å². The van der Waals surface area contributed by atoms with E-state index in [0.717, 1.165) is 25.7 Å². The van der Waals surface area contributed by atoms with E-state index in [9.17, 15) is 13.2 Å². The summed E-state index contributed by atoms with van der Waals surface area (Å²) in [6.45, 7) is 0. The number of hydrogen-bond acceptors (Lipinski definition) is 5. The molecule has 1 N–H and O–H groups in total. The Bertz CT molecular complexity index is 650. The minimum Gasteiger partial charge on any atom is -0.493 e. The lowest BCUT2D eigenvalue weighted by Gasteiger charge is -2.12. The second kappa shape index (κ2) is 7.68. The van der Waals surface area contributed by atoms with Gasteiger partial charge in [0.15, 0.2) is 21.3 Å². The van der Waals surface area contributed by atoms with Crippen LogP contribution in [0.1, 0.15) is 32.1 Å². The van der Waals surface area contributed by atoms with Gasteiger partial charge in [0.2, 0.25) is 5.91 Å². The van der Waals surface area contributed by atoms with Crippen LogP contribution in [-0.2, 0) is 14.6 Å². The first kappa shape index (κ1) is 17.6. The number of sulfone groups is 1. The summed E-state index contributed by atoms with van der Waals surface area (Å²) >= 11 is 0. The molecule has 0 aromatic heterocycles. The van der Waals surface area contributed by atoms with Crippen LogP contribution in [0.3, 0.4) is 0 Å². The molecule has 2 rings (SSSR count). The van der Waals surface area contributed by atoms with Crippen LogP contribution >= 0.6 is 0 Å². The number of carbonyl (C=O) groups is 1. The lowest BCUT2D eigenvalue weighted by Crippen LogP contribution is -2.33. The molecule has 7 heteroatoms. The third kappa shape index (κ3) is 4.60. The standard InChI is InChI=1S/C16H23NO5S/c1-21-14-8-7-13(11-15(14)22-2)23(19,20)10-9-16(18)17-12-5-3-4-6-12/h7-8,11-12H,3-6,9-10H2,1-2H3,(H,17,18). The fraction of sp³-hybridized carbons (Fsp3) is 0.562. The highest BCUT2D eigenvalue weighted by molar-refractivity contribution is 7.91. The summed E-state index contributed by atoms with van der Waals surface area (Å²) in [5.41, 5.74) is 0. The fourth-order valence-electron chi connectivity index (χ4n) is 2.72. The zero-order chi connectivity index (χ0) is 16.9. The number of nitrogens with one attached hydrogen (secondary N) is 1. The Morgan fingerprint density at radius 1 is 1.17 bits per heavy atom. The van der Waals surface area contributed by atoms with Gasteiger partial charge >= 0.3 is 0 Å². The van der Waals surface area contributed by atoms with Crippen LogP contribution in [0.2, 0.25) is 0 Å². The van der Waals surface area contributed by atoms with E-state index in [4.69, 9.17) is 9.47 Å². The van der Waals surface area contributed by atoms with Crippen LogP contribution in [-0.4, -0.2) is 40.3 Å². The second-order valence-electron chi connectivity index (χ2n) is 5.63. The van der Waals surface area contributed by atoms with E-state index in [1.165, 1.54) is 26.4 Å². The maximum absolute atomic E-state index is 12.4. The van der Waals surface area contributed by atoms with Gasteiger partial charge in [0, 0.05) is 18.5 Å². The van der Waals surface area contributed by atoms with Crippen molar-refractivity contribution in [2.24, 2.45) is 0 Å². The van der Waals surface area contributed by atoms with Gasteiger partial charge in [0.25, 0.3) is 0 Å². The van der Waals surface area contributed by atoms with Crippen molar-refractivity contribution in [2.45, 2.75) is 43.0 Å². The summed E-state index contributed by atoms with van der Waals surface area (Å²) in [6, 6.07) is 4.63. The van der Waals surface area contributed by atoms with E-state index in [-0.39, 0.29) is 29.0 Å². The highest BCUT2D eigenvalue weighted by Crippen LogP contribution is 2.30. The monoisotopic (exact) mass is 341 g/mol. The first-order chi connectivity index (χ1) is 11.0. The molecular weight excluding hydrogens is 318 g/mol. The van der Waals surface area contributed by atoms with Crippen molar-refractivity contribution >= 4 is 15.7 Å². The summed E-state index contributed by atoms with van der Waals surface area (Å²) < 4.78 is 34.9. The minimum absolute atomic E-state index is 0.0345. The second-order valence-corrected chi connectivity index (χ2v) is 7.74. The van der Waals surface area contributed by atoms with E-state index in [2.05, 4.69) is 5.32 Å². The molecule has 1 aliphatic rings. The molecule has 0 radical (unpaired) electrons. The predicted octanol–water partition coefficient (Wildman–Crippen LogP) is 1.93. The van der Waals surface area contributed by atoms with E-state index >= 15 is 0 Å². The van der Waals surface area contributed by atoms with Crippen molar-refractivity contribution in [3.63, 3.8) is 0 Å². The molecule has 1 fully saturated rings. The molecule has 0 atom stereocenters. The summed E-state index contributed by atoms with van der Waals surface area (Å²) in [4.78, 5) is 12.0. The third-order valence-electron chi connectivity index (χ3n) is 4.03. The van der Waals surface area contributed by atoms with Crippen LogP contribution in [0.15, 0.2) is 23.1 Å². The van der Waals surface area contributed by atoms with Gasteiger partial charge in [-0.25, -0.2) is 8.42 Å². The van der Waals surface area contributed by atoms with E-state index in [1.54, 1.807) is 6.07 Å². The van der Waals surface area contributed by atoms with Gasteiger partial charge in [0.05, 0.1) is 24.9 Å². The molecule has 128 valence electrons. The topological polar surface area (TPSA) is 81.7 Å². The van der Waals surface area contributed by atoms with Gasteiger partial charge in [-0.05, 0) is 25.0 Å². The van der Waals surface area contributed by atoms with E-state index in [0.29, 0.717) is 11.5 Å². The van der Waals surface area contributed by atoms with Crippen molar-refractivity contribution in [3.05, 3.63) is 18.2 Å². The fourth-order valence-corrected chi connectivity index (χ4v) is 3.98. The first-order valence-electron chi connectivity index (χ1n) is 7.70. The molecule has 0 bridgehead atoms. The maximum atomic E-state index is 12.4. The minimum atomic E-state index is -3.54. The smallest absolute Gasteiger partial charge is 0.221 e. The number of methoxy groups -OCH3 is 2. The molecule has 1 aliphatic carbocycles. The lowest BCUT2D eigenvalue weighted by molar-refractivity contribution is -0.121. The molecule has 1 saturated carbocycles. The molecule has 23 heavy (non-hydrogen) atoms. The average molecular weight is 341 g/mol. The molecule has 0 heterocycles. The van der Waals surface area contributed by atoms with Crippen molar-refractivity contribution in [1.29, 1.82) is 0 Å². The van der Waals surface area contributed by atoms with Gasteiger partial charge in [-0.15, -0.1) is 0 Å². The number of hydrogen-bond donors (Lipinski definition) is 1. The number of ether oxygens (including phenoxy) is 2. The average Bonchev–Trinajstić information content (AvgIpc) is 3.05. The van der Waals surface area contributed by atoms with Gasteiger partial charge in [-0.2, -0.15) is 0 Å². The highest BCUT2D eigenvalue weighted by atomic mass is 32.2. The normalized spacial score (nSPS) is 15.4. The van der Waals surface area contributed by atoms with Crippen molar-refractivity contribution < 1.29 is 22.7 Å². The quantitative estimate of drug-likeness (QED) is 0.819. The molecule has 6 nitrogen and oxygen atoms in total. The van der Waals surface area contributed by atoms with Crippen LogP contribution < -0.4 is 14.8 Å². The predicted molar refractivity (Wildman–Crippen MR) is 86.6 cm³/mol. The molecule has 1 aromatic carbocycles. The lowest BCUT2D eigenvalue weighted by atomic mass is 10.2. The Labute approximate surface area is 137 Å². The van der Waals surface area contributed by atoms with Crippen molar-refractivity contribution in [1.82, 2.24) is 5.32 Å². The molecule has 0 saturated heterocycles.